The Balaban J connectivity index is 2.60. The quantitative estimate of drug-likeness (QED) is 0.681. The molecule has 2 aromatic rings. The summed E-state index contributed by atoms with van der Waals surface area (Å²) in [7, 11) is 0. The second-order valence-electron chi connectivity index (χ2n) is 3.23. The average molecular weight is 322 g/mol. The number of rotatable bonds is 2. The lowest BCUT2D eigenvalue weighted by molar-refractivity contribution is 0.0686. The van der Waals surface area contributed by atoms with Crippen molar-refractivity contribution in [1.29, 1.82) is 0 Å². The van der Waals surface area contributed by atoms with Crippen molar-refractivity contribution in [2.45, 2.75) is 0 Å². The van der Waals surface area contributed by atoms with E-state index in [9.17, 15) is 18.0 Å². The van der Waals surface area contributed by atoms with Gasteiger partial charge in [-0.2, -0.15) is 0 Å². The van der Waals surface area contributed by atoms with Crippen molar-refractivity contribution >= 4 is 21.9 Å². The number of carbonyl (C=O) groups is 1. The molecule has 0 unspecified atom stereocenters. The van der Waals surface area contributed by atoms with Crippen LogP contribution in [0.1, 0.15) is 10.5 Å². The van der Waals surface area contributed by atoms with E-state index >= 15 is 0 Å². The van der Waals surface area contributed by atoms with E-state index in [0.717, 1.165) is 6.07 Å². The second kappa shape index (κ2) is 4.45. The van der Waals surface area contributed by atoms with Crippen LogP contribution < -0.4 is 0 Å². The van der Waals surface area contributed by atoms with Crippen molar-refractivity contribution in [3.8, 4) is 11.3 Å². The highest BCUT2D eigenvalue weighted by Gasteiger charge is 2.22. The number of halogens is 4. The molecule has 0 radical (unpaired) electrons. The monoisotopic (exact) mass is 321 g/mol. The maximum atomic E-state index is 13.5. The Hall–Kier alpha value is -1.83. The first-order valence-corrected chi connectivity index (χ1v) is 5.24. The lowest BCUT2D eigenvalue weighted by Crippen LogP contribution is -1.95. The number of aromatic carboxylic acids is 1. The fourth-order valence-electron chi connectivity index (χ4n) is 1.26. The molecule has 0 fully saturated rings. The average Bonchev–Trinajstić information content (AvgIpc) is 2.80. The van der Waals surface area contributed by atoms with E-state index < -0.39 is 39.2 Å². The van der Waals surface area contributed by atoms with E-state index in [-0.39, 0.29) is 5.76 Å². The maximum absolute atomic E-state index is 13.5. The van der Waals surface area contributed by atoms with Gasteiger partial charge in [0.05, 0.1) is 10.0 Å². The van der Waals surface area contributed by atoms with Crippen LogP contribution in [-0.4, -0.2) is 16.2 Å². The zero-order valence-electron chi connectivity index (χ0n) is 8.38. The van der Waals surface area contributed by atoms with Gasteiger partial charge in [-0.15, -0.1) is 0 Å². The Labute approximate surface area is 106 Å². The number of hydrogen-bond acceptors (Lipinski definition) is 3. The van der Waals surface area contributed by atoms with Gasteiger partial charge in [-0.1, -0.05) is 5.16 Å². The molecule has 1 aromatic heterocycles. The zero-order chi connectivity index (χ0) is 13.4. The smallest absolute Gasteiger partial charge is 0.358 e. The lowest BCUT2D eigenvalue weighted by atomic mass is 10.1. The Morgan fingerprint density at radius 3 is 2.50 bits per heavy atom. The third-order valence-corrected chi connectivity index (χ3v) is 2.82. The van der Waals surface area contributed by atoms with E-state index in [1.165, 1.54) is 0 Å². The van der Waals surface area contributed by atoms with Gasteiger partial charge in [-0.3, -0.25) is 0 Å². The van der Waals surface area contributed by atoms with Gasteiger partial charge in [0, 0.05) is 6.07 Å². The normalized spacial score (nSPS) is 10.7. The number of nitrogens with zero attached hydrogens (tertiary/aromatic N) is 1. The number of benzene rings is 1. The van der Waals surface area contributed by atoms with E-state index in [2.05, 4.69) is 25.6 Å². The number of carboxylic acid groups (broad SMARTS) is 1. The van der Waals surface area contributed by atoms with Crippen LogP contribution in [0.25, 0.3) is 11.3 Å². The third-order valence-electron chi connectivity index (χ3n) is 2.10. The summed E-state index contributed by atoms with van der Waals surface area (Å²) < 4.78 is 43.9. The molecule has 0 spiro atoms. The Kier molecular flexibility index (Phi) is 3.12. The van der Waals surface area contributed by atoms with Gasteiger partial charge in [0.15, 0.2) is 23.1 Å². The molecular weight excluding hydrogens is 319 g/mol. The molecule has 0 atom stereocenters. The fraction of sp³-hybridized carbons (Fsp3) is 0. The molecule has 94 valence electrons. The highest BCUT2D eigenvalue weighted by atomic mass is 79.9. The van der Waals surface area contributed by atoms with Crippen molar-refractivity contribution in [3.05, 3.63) is 39.8 Å². The predicted molar refractivity (Wildman–Crippen MR) is 56.5 cm³/mol. The fourth-order valence-corrected chi connectivity index (χ4v) is 1.54. The molecule has 0 aliphatic heterocycles. The van der Waals surface area contributed by atoms with Crippen LogP contribution in [0.3, 0.4) is 0 Å². The molecule has 0 saturated heterocycles. The lowest BCUT2D eigenvalue weighted by Gasteiger charge is -2.03. The molecule has 0 saturated carbocycles. The molecular formula is C10H3BrF3NO3. The topological polar surface area (TPSA) is 63.3 Å². The van der Waals surface area contributed by atoms with Gasteiger partial charge in [0.1, 0.15) is 5.82 Å². The standard InChI is InChI=1S/C10H3BrF3NO3/c11-7-4(12)1-3(8(13)9(7)14)6-2-5(10(16)17)15-18-6/h1-2H,(H,16,17). The summed E-state index contributed by atoms with van der Waals surface area (Å²) in [6.07, 6.45) is 0. The molecule has 0 amide bonds. The van der Waals surface area contributed by atoms with Crippen molar-refractivity contribution < 1.29 is 27.6 Å². The van der Waals surface area contributed by atoms with Crippen molar-refractivity contribution in [2.24, 2.45) is 0 Å². The van der Waals surface area contributed by atoms with Gasteiger partial charge in [-0.25, -0.2) is 18.0 Å². The van der Waals surface area contributed by atoms with Crippen molar-refractivity contribution in [1.82, 2.24) is 5.16 Å². The van der Waals surface area contributed by atoms with E-state index in [1.807, 2.05) is 0 Å². The molecule has 8 heteroatoms. The van der Waals surface area contributed by atoms with Crippen molar-refractivity contribution in [3.63, 3.8) is 0 Å². The third kappa shape index (κ3) is 1.99. The van der Waals surface area contributed by atoms with E-state index in [0.29, 0.717) is 6.07 Å². The Morgan fingerprint density at radius 1 is 1.28 bits per heavy atom. The first-order valence-electron chi connectivity index (χ1n) is 4.45. The summed E-state index contributed by atoms with van der Waals surface area (Å²) in [6.45, 7) is 0. The molecule has 18 heavy (non-hydrogen) atoms. The number of carboxylic acids is 1. The van der Waals surface area contributed by atoms with Crippen LogP contribution in [0.5, 0.6) is 0 Å². The second-order valence-corrected chi connectivity index (χ2v) is 4.02. The summed E-state index contributed by atoms with van der Waals surface area (Å²) in [5.41, 5.74) is -1.04. The first-order chi connectivity index (χ1) is 8.41. The summed E-state index contributed by atoms with van der Waals surface area (Å²) in [6, 6.07) is 1.54. The minimum absolute atomic E-state index is 0.379. The Bertz CT molecular complexity index is 642. The maximum Gasteiger partial charge on any atom is 0.358 e. The van der Waals surface area contributed by atoms with E-state index in [4.69, 9.17) is 5.11 Å². The summed E-state index contributed by atoms with van der Waals surface area (Å²) in [5.74, 6) is -5.62. The predicted octanol–water partition coefficient (Wildman–Crippen LogP) is 3.22. The van der Waals surface area contributed by atoms with Crippen LogP contribution in [0.15, 0.2) is 21.1 Å². The number of hydrogen-bond donors (Lipinski definition) is 1. The van der Waals surface area contributed by atoms with Crippen molar-refractivity contribution in [2.75, 3.05) is 0 Å². The largest absolute Gasteiger partial charge is 0.476 e. The highest BCUT2D eigenvalue weighted by Crippen LogP contribution is 2.31. The minimum atomic E-state index is -1.43. The molecule has 0 aliphatic rings. The molecule has 1 aromatic carbocycles. The summed E-state index contributed by atoms with van der Waals surface area (Å²) >= 11 is 2.53. The van der Waals surface area contributed by atoms with Gasteiger partial charge in [-0.05, 0) is 22.0 Å². The van der Waals surface area contributed by atoms with Crippen LogP contribution >= 0.6 is 15.9 Å². The van der Waals surface area contributed by atoms with Gasteiger partial charge in [0.25, 0.3) is 0 Å². The Morgan fingerprint density at radius 2 is 1.94 bits per heavy atom. The molecule has 0 bridgehead atoms. The summed E-state index contributed by atoms with van der Waals surface area (Å²) in [4.78, 5) is 10.5. The van der Waals surface area contributed by atoms with Crippen LogP contribution in [0, 0.1) is 17.5 Å². The molecule has 2 rings (SSSR count). The molecule has 1 heterocycles. The van der Waals surface area contributed by atoms with Gasteiger partial charge < -0.3 is 9.63 Å². The highest BCUT2D eigenvalue weighted by molar-refractivity contribution is 9.10. The van der Waals surface area contributed by atoms with Gasteiger partial charge in [0.2, 0.25) is 0 Å². The first kappa shape index (κ1) is 12.6. The van der Waals surface area contributed by atoms with Crippen LogP contribution in [-0.2, 0) is 0 Å². The molecule has 4 nitrogen and oxygen atoms in total. The molecule has 1 N–H and O–H groups in total. The zero-order valence-corrected chi connectivity index (χ0v) is 9.96. The van der Waals surface area contributed by atoms with Gasteiger partial charge >= 0.3 is 5.97 Å². The summed E-state index contributed by atoms with van der Waals surface area (Å²) in [5, 5.41) is 11.7. The molecule has 0 aliphatic carbocycles. The minimum Gasteiger partial charge on any atom is -0.476 e. The van der Waals surface area contributed by atoms with Crippen LogP contribution in [0.2, 0.25) is 0 Å². The van der Waals surface area contributed by atoms with E-state index in [1.54, 1.807) is 0 Å². The SMILES string of the molecule is O=C(O)c1cc(-c2cc(F)c(Br)c(F)c2F)on1. The van der Waals surface area contributed by atoms with Crippen LogP contribution in [0.4, 0.5) is 13.2 Å². The number of aromatic nitrogens is 1.